The van der Waals surface area contributed by atoms with E-state index in [9.17, 15) is 13.2 Å². The molecular weight excluding hydrogens is 185 g/mol. The van der Waals surface area contributed by atoms with Gasteiger partial charge in [-0.1, -0.05) is 0 Å². The van der Waals surface area contributed by atoms with Crippen molar-refractivity contribution in [2.24, 2.45) is 0 Å². The zero-order valence-corrected chi connectivity index (χ0v) is 6.72. The molecule has 1 heterocycles. The van der Waals surface area contributed by atoms with Crippen molar-refractivity contribution in [1.29, 1.82) is 0 Å². The van der Waals surface area contributed by atoms with Gasteiger partial charge in [-0.05, 0) is 6.07 Å². The highest BCUT2D eigenvalue weighted by molar-refractivity contribution is 5.49. The molecule has 1 aromatic rings. The fourth-order valence-corrected chi connectivity index (χ4v) is 0.824. The summed E-state index contributed by atoms with van der Waals surface area (Å²) < 4.78 is 41.4. The summed E-state index contributed by atoms with van der Waals surface area (Å²) in [7, 11) is 1.22. The van der Waals surface area contributed by atoms with Gasteiger partial charge in [0.25, 0.3) is 6.43 Å². The molecule has 2 N–H and O–H groups in total. The zero-order chi connectivity index (χ0) is 10.0. The molecule has 0 spiro atoms. The first-order chi connectivity index (χ1) is 6.06. The van der Waals surface area contributed by atoms with E-state index in [-0.39, 0.29) is 11.6 Å². The summed E-state index contributed by atoms with van der Waals surface area (Å²) in [4.78, 5) is 3.12. The molecular formula is C7H7F3N2O. The van der Waals surface area contributed by atoms with Crippen molar-refractivity contribution in [1.82, 2.24) is 4.98 Å². The summed E-state index contributed by atoms with van der Waals surface area (Å²) in [5, 5.41) is 0. The molecule has 6 heteroatoms. The second-order valence-electron chi connectivity index (χ2n) is 2.27. The Bertz CT molecular complexity index is 317. The molecule has 0 bridgehead atoms. The van der Waals surface area contributed by atoms with Crippen molar-refractivity contribution in [3.63, 3.8) is 0 Å². The molecule has 0 aliphatic carbocycles. The van der Waals surface area contributed by atoms with Crippen LogP contribution in [-0.4, -0.2) is 12.1 Å². The van der Waals surface area contributed by atoms with Gasteiger partial charge in [0.15, 0.2) is 0 Å². The number of rotatable bonds is 2. The van der Waals surface area contributed by atoms with Crippen LogP contribution in [0, 0.1) is 5.95 Å². The summed E-state index contributed by atoms with van der Waals surface area (Å²) >= 11 is 0. The van der Waals surface area contributed by atoms with Gasteiger partial charge >= 0.3 is 0 Å². The number of methoxy groups -OCH3 is 1. The summed E-state index contributed by atoms with van der Waals surface area (Å²) in [6, 6.07) is 0.811. The largest absolute Gasteiger partial charge is 0.479 e. The van der Waals surface area contributed by atoms with E-state index in [0.29, 0.717) is 0 Å². The Hall–Kier alpha value is -1.46. The normalized spacial score (nSPS) is 10.5. The van der Waals surface area contributed by atoms with E-state index in [0.717, 1.165) is 6.07 Å². The number of nitrogen functional groups attached to an aromatic ring is 1. The Morgan fingerprint density at radius 3 is 2.62 bits per heavy atom. The molecule has 0 radical (unpaired) electrons. The van der Waals surface area contributed by atoms with Crippen molar-refractivity contribution >= 4 is 5.69 Å². The second-order valence-corrected chi connectivity index (χ2v) is 2.27. The number of nitrogens with two attached hydrogens (primary N) is 1. The zero-order valence-electron chi connectivity index (χ0n) is 6.72. The van der Waals surface area contributed by atoms with Crippen LogP contribution in [0.4, 0.5) is 18.9 Å². The molecule has 0 atom stereocenters. The van der Waals surface area contributed by atoms with Crippen molar-refractivity contribution < 1.29 is 17.9 Å². The van der Waals surface area contributed by atoms with Crippen LogP contribution in [0.25, 0.3) is 0 Å². The third-order valence-electron chi connectivity index (χ3n) is 1.42. The average molecular weight is 192 g/mol. The van der Waals surface area contributed by atoms with Crippen LogP contribution in [0.1, 0.15) is 12.0 Å². The molecule has 1 rings (SSSR count). The number of aromatic nitrogens is 1. The summed E-state index contributed by atoms with van der Waals surface area (Å²) in [6.45, 7) is 0. The molecule has 0 amide bonds. The summed E-state index contributed by atoms with van der Waals surface area (Å²) in [5.41, 5.74) is 4.32. The number of ether oxygens (including phenoxy) is 1. The Labute approximate surface area is 72.3 Å². The third kappa shape index (κ3) is 1.82. The first-order valence-corrected chi connectivity index (χ1v) is 3.34. The number of nitrogens with zero attached hydrogens (tertiary/aromatic N) is 1. The Kier molecular flexibility index (Phi) is 2.60. The lowest BCUT2D eigenvalue weighted by atomic mass is 10.2. The number of alkyl halides is 2. The van der Waals surface area contributed by atoms with Crippen molar-refractivity contribution in [3.8, 4) is 5.88 Å². The van der Waals surface area contributed by atoms with E-state index < -0.39 is 17.9 Å². The van der Waals surface area contributed by atoms with Crippen molar-refractivity contribution in [3.05, 3.63) is 17.6 Å². The maximum absolute atomic E-state index is 12.7. The topological polar surface area (TPSA) is 48.1 Å². The number of halogens is 3. The third-order valence-corrected chi connectivity index (χ3v) is 1.42. The monoisotopic (exact) mass is 192 g/mol. The number of hydrogen-bond donors (Lipinski definition) is 1. The highest BCUT2D eigenvalue weighted by Gasteiger charge is 2.17. The average Bonchev–Trinajstić information content (AvgIpc) is 2.07. The lowest BCUT2D eigenvalue weighted by Gasteiger charge is -2.06. The fourth-order valence-electron chi connectivity index (χ4n) is 0.824. The molecule has 0 saturated carbocycles. The van der Waals surface area contributed by atoms with Gasteiger partial charge in [0.05, 0.1) is 18.4 Å². The maximum Gasteiger partial charge on any atom is 0.268 e. The number of anilines is 1. The van der Waals surface area contributed by atoms with Crippen molar-refractivity contribution in [2.75, 3.05) is 12.8 Å². The fraction of sp³-hybridized carbons (Fsp3) is 0.286. The Morgan fingerprint density at radius 1 is 1.54 bits per heavy atom. The van der Waals surface area contributed by atoms with Crippen LogP contribution in [0.2, 0.25) is 0 Å². The van der Waals surface area contributed by atoms with Crippen LogP contribution < -0.4 is 10.5 Å². The predicted octanol–water partition coefficient (Wildman–Crippen LogP) is 1.75. The molecule has 72 valence electrons. The molecule has 0 fully saturated rings. The first-order valence-electron chi connectivity index (χ1n) is 3.34. The highest BCUT2D eigenvalue weighted by Crippen LogP contribution is 2.27. The smallest absolute Gasteiger partial charge is 0.268 e. The van der Waals surface area contributed by atoms with Crippen LogP contribution in [-0.2, 0) is 0 Å². The van der Waals surface area contributed by atoms with Gasteiger partial charge in [0.2, 0.25) is 11.8 Å². The number of hydrogen-bond acceptors (Lipinski definition) is 3. The molecule has 1 aromatic heterocycles. The van der Waals surface area contributed by atoms with Gasteiger partial charge in [-0.15, -0.1) is 0 Å². The van der Waals surface area contributed by atoms with Crippen molar-refractivity contribution in [2.45, 2.75) is 6.43 Å². The van der Waals surface area contributed by atoms with E-state index >= 15 is 0 Å². The summed E-state index contributed by atoms with van der Waals surface area (Å²) in [5.74, 6) is -1.46. The Balaban J connectivity index is 3.20. The molecule has 3 nitrogen and oxygen atoms in total. The quantitative estimate of drug-likeness (QED) is 0.726. The van der Waals surface area contributed by atoms with Crippen LogP contribution in [0.5, 0.6) is 5.88 Å². The second kappa shape index (κ2) is 3.51. The molecule has 0 aliphatic rings. The van der Waals surface area contributed by atoms with E-state index in [1.165, 1.54) is 7.11 Å². The molecule has 13 heavy (non-hydrogen) atoms. The lowest BCUT2D eigenvalue weighted by Crippen LogP contribution is -2.02. The maximum atomic E-state index is 12.7. The molecule has 0 aliphatic heterocycles. The minimum absolute atomic E-state index is 0.112. The molecule has 0 unspecified atom stereocenters. The minimum Gasteiger partial charge on any atom is -0.479 e. The lowest BCUT2D eigenvalue weighted by molar-refractivity contribution is 0.145. The van der Waals surface area contributed by atoms with Crippen LogP contribution in [0.15, 0.2) is 6.07 Å². The number of pyridine rings is 1. The van der Waals surface area contributed by atoms with E-state index in [2.05, 4.69) is 9.72 Å². The summed E-state index contributed by atoms with van der Waals surface area (Å²) in [6.07, 6.45) is -2.93. The van der Waals surface area contributed by atoms with E-state index in [4.69, 9.17) is 5.73 Å². The standard InChI is InChI=1S/C7H7F3N2O/c1-13-7-4(11)2-3(5(8)9)6(10)12-7/h2,5H,11H2,1H3. The minimum atomic E-state index is -2.93. The van der Waals surface area contributed by atoms with Gasteiger partial charge in [-0.3, -0.25) is 0 Å². The first kappa shape index (κ1) is 9.63. The van der Waals surface area contributed by atoms with Gasteiger partial charge in [0.1, 0.15) is 0 Å². The van der Waals surface area contributed by atoms with Gasteiger partial charge in [0, 0.05) is 0 Å². The molecule has 0 aromatic carbocycles. The van der Waals surface area contributed by atoms with Gasteiger partial charge in [-0.25, -0.2) is 8.78 Å². The Morgan fingerprint density at radius 2 is 2.15 bits per heavy atom. The molecule has 0 saturated heterocycles. The van der Waals surface area contributed by atoms with E-state index in [1.54, 1.807) is 0 Å². The van der Waals surface area contributed by atoms with E-state index in [1.807, 2.05) is 0 Å². The van der Waals surface area contributed by atoms with Gasteiger partial charge in [-0.2, -0.15) is 9.37 Å². The van der Waals surface area contributed by atoms with Crippen LogP contribution in [0.3, 0.4) is 0 Å². The van der Waals surface area contributed by atoms with Crippen LogP contribution >= 0.6 is 0 Å². The SMILES string of the molecule is COc1nc(F)c(C(F)F)cc1N. The predicted molar refractivity (Wildman–Crippen MR) is 40.1 cm³/mol. The van der Waals surface area contributed by atoms with Gasteiger partial charge < -0.3 is 10.5 Å². The highest BCUT2D eigenvalue weighted by atomic mass is 19.3.